The molecule has 0 atom stereocenters. The van der Waals surface area contributed by atoms with E-state index in [9.17, 15) is 9.59 Å². The highest BCUT2D eigenvalue weighted by molar-refractivity contribution is 6.32. The largest absolute Gasteiger partial charge is 0.493 e. The minimum absolute atomic E-state index is 0.184. The maximum Gasteiger partial charge on any atom is 0.258 e. The number of methoxy groups -OCH3 is 2. The predicted molar refractivity (Wildman–Crippen MR) is 118 cm³/mol. The molecule has 1 heterocycles. The molecule has 1 aliphatic heterocycles. The number of carbonyl (C=O) groups excluding carboxylic acids is 2. The molecule has 0 radical (unpaired) electrons. The Hall–Kier alpha value is -3.48. The van der Waals surface area contributed by atoms with Crippen molar-refractivity contribution in [2.24, 2.45) is 5.73 Å². The van der Waals surface area contributed by atoms with E-state index in [0.29, 0.717) is 29.2 Å². The molecule has 0 unspecified atom stereocenters. The summed E-state index contributed by atoms with van der Waals surface area (Å²) in [4.78, 5) is 24.4. The standard InChI is InChI=1S/C23H27N3O4/c1-6-16(25-14-9-7-13(8-10-14)23(2,3)22(24)28)20-15-11-18(29-4)19(30-5)12-17(15)26-21(20)27/h7-12,25H,6H2,1-5H3,(H2,24,28)(H,26,27)/b20-16-. The third kappa shape index (κ3) is 3.70. The van der Waals surface area contributed by atoms with Gasteiger partial charge in [0.25, 0.3) is 5.91 Å². The van der Waals surface area contributed by atoms with Gasteiger partial charge >= 0.3 is 0 Å². The fraction of sp³-hybridized carbons (Fsp3) is 0.304. The molecule has 0 aromatic heterocycles. The Kier molecular flexibility index (Phi) is 5.73. The number of primary amides is 1. The van der Waals surface area contributed by atoms with Crippen LogP contribution in [0.5, 0.6) is 11.5 Å². The summed E-state index contributed by atoms with van der Waals surface area (Å²) in [6.07, 6.45) is 0.616. The number of hydrogen-bond donors (Lipinski definition) is 3. The van der Waals surface area contributed by atoms with E-state index in [1.54, 1.807) is 40.2 Å². The number of anilines is 2. The number of nitrogens with two attached hydrogens (primary N) is 1. The van der Waals surface area contributed by atoms with Crippen LogP contribution in [0.1, 0.15) is 38.3 Å². The van der Waals surface area contributed by atoms with Crippen molar-refractivity contribution >= 4 is 28.8 Å². The molecule has 3 rings (SSSR count). The third-order valence-electron chi connectivity index (χ3n) is 5.44. The number of nitrogens with one attached hydrogen (secondary N) is 2. The van der Waals surface area contributed by atoms with Crippen LogP contribution in [0.2, 0.25) is 0 Å². The van der Waals surface area contributed by atoms with Crippen LogP contribution in [0.3, 0.4) is 0 Å². The van der Waals surface area contributed by atoms with Crippen molar-refractivity contribution in [3.8, 4) is 11.5 Å². The van der Waals surface area contributed by atoms with Crippen molar-refractivity contribution in [1.82, 2.24) is 0 Å². The number of hydrogen-bond acceptors (Lipinski definition) is 5. The quantitative estimate of drug-likeness (QED) is 0.606. The van der Waals surface area contributed by atoms with Gasteiger partial charge in [0.05, 0.1) is 30.9 Å². The summed E-state index contributed by atoms with van der Waals surface area (Å²) in [6, 6.07) is 11.0. The van der Waals surface area contributed by atoms with Crippen LogP contribution in [0.25, 0.3) is 5.57 Å². The Balaban J connectivity index is 1.98. The fourth-order valence-corrected chi connectivity index (χ4v) is 3.41. The van der Waals surface area contributed by atoms with Gasteiger partial charge in [0.1, 0.15) is 0 Å². The predicted octanol–water partition coefficient (Wildman–Crippen LogP) is 3.65. The summed E-state index contributed by atoms with van der Waals surface area (Å²) in [6.45, 7) is 5.56. The first-order valence-corrected chi connectivity index (χ1v) is 9.71. The molecule has 158 valence electrons. The molecule has 2 aromatic rings. The molecule has 0 aliphatic carbocycles. The SMILES string of the molecule is CC/C(Nc1ccc(C(C)(C)C(N)=O)cc1)=C1/C(=O)Nc2cc(OC)c(OC)cc21. The lowest BCUT2D eigenvalue weighted by Gasteiger charge is -2.21. The normalized spacial score (nSPS) is 14.6. The van der Waals surface area contributed by atoms with E-state index in [0.717, 1.165) is 22.5 Å². The number of ether oxygens (including phenoxy) is 2. The van der Waals surface area contributed by atoms with E-state index < -0.39 is 5.41 Å². The molecule has 4 N–H and O–H groups in total. The second kappa shape index (κ2) is 8.10. The van der Waals surface area contributed by atoms with Gasteiger partial charge in [-0.2, -0.15) is 0 Å². The van der Waals surface area contributed by atoms with Crippen LogP contribution in [-0.2, 0) is 15.0 Å². The highest BCUT2D eigenvalue weighted by atomic mass is 16.5. The molecule has 0 bridgehead atoms. The van der Waals surface area contributed by atoms with E-state index in [1.165, 1.54) is 0 Å². The summed E-state index contributed by atoms with van der Waals surface area (Å²) < 4.78 is 10.7. The number of benzene rings is 2. The van der Waals surface area contributed by atoms with Crippen molar-refractivity contribution in [3.05, 3.63) is 53.2 Å². The Bertz CT molecular complexity index is 1020. The van der Waals surface area contributed by atoms with Crippen molar-refractivity contribution < 1.29 is 19.1 Å². The summed E-state index contributed by atoms with van der Waals surface area (Å²) in [5.74, 6) is 0.537. The van der Waals surface area contributed by atoms with Gasteiger partial charge in [0.15, 0.2) is 11.5 Å². The van der Waals surface area contributed by atoms with E-state index in [-0.39, 0.29) is 11.8 Å². The van der Waals surface area contributed by atoms with Crippen LogP contribution >= 0.6 is 0 Å². The fourth-order valence-electron chi connectivity index (χ4n) is 3.41. The average Bonchev–Trinajstić information content (AvgIpc) is 3.05. The van der Waals surface area contributed by atoms with Gasteiger partial charge in [-0.15, -0.1) is 0 Å². The van der Waals surface area contributed by atoms with E-state index >= 15 is 0 Å². The average molecular weight is 409 g/mol. The van der Waals surface area contributed by atoms with Gasteiger partial charge in [-0.25, -0.2) is 0 Å². The van der Waals surface area contributed by atoms with Gasteiger partial charge < -0.3 is 25.8 Å². The smallest absolute Gasteiger partial charge is 0.258 e. The Morgan fingerprint density at radius 2 is 1.70 bits per heavy atom. The summed E-state index contributed by atoms with van der Waals surface area (Å²) in [5, 5.41) is 6.24. The zero-order chi connectivity index (χ0) is 22.1. The minimum atomic E-state index is -0.759. The van der Waals surface area contributed by atoms with Crippen LogP contribution in [0, 0.1) is 0 Å². The van der Waals surface area contributed by atoms with Crippen LogP contribution < -0.4 is 25.8 Å². The molecule has 0 spiro atoms. The minimum Gasteiger partial charge on any atom is -0.493 e. The third-order valence-corrected chi connectivity index (χ3v) is 5.44. The van der Waals surface area contributed by atoms with E-state index in [4.69, 9.17) is 15.2 Å². The molecule has 2 amide bonds. The first kappa shape index (κ1) is 21.2. The van der Waals surface area contributed by atoms with Crippen molar-refractivity contribution in [2.45, 2.75) is 32.6 Å². The van der Waals surface area contributed by atoms with Gasteiger partial charge in [-0.05, 0) is 44.0 Å². The van der Waals surface area contributed by atoms with Crippen molar-refractivity contribution in [3.63, 3.8) is 0 Å². The Morgan fingerprint density at radius 1 is 1.10 bits per heavy atom. The van der Waals surface area contributed by atoms with Crippen LogP contribution in [0.4, 0.5) is 11.4 Å². The molecule has 7 heteroatoms. The molecule has 2 aromatic carbocycles. The lowest BCUT2D eigenvalue weighted by atomic mass is 9.84. The zero-order valence-electron chi connectivity index (χ0n) is 17.9. The Labute approximate surface area is 176 Å². The molecular formula is C23H27N3O4. The monoisotopic (exact) mass is 409 g/mol. The molecule has 0 saturated heterocycles. The van der Waals surface area contributed by atoms with Gasteiger partial charge in [0.2, 0.25) is 5.91 Å². The lowest BCUT2D eigenvalue weighted by molar-refractivity contribution is -0.122. The van der Waals surface area contributed by atoms with Crippen LogP contribution in [-0.4, -0.2) is 26.0 Å². The summed E-state index contributed by atoms with van der Waals surface area (Å²) in [7, 11) is 3.12. The Morgan fingerprint density at radius 3 is 2.23 bits per heavy atom. The molecule has 0 fully saturated rings. The number of amides is 2. The highest BCUT2D eigenvalue weighted by Crippen LogP contribution is 2.42. The molecule has 7 nitrogen and oxygen atoms in total. The van der Waals surface area contributed by atoms with Crippen LogP contribution in [0.15, 0.2) is 42.1 Å². The maximum atomic E-state index is 12.7. The van der Waals surface area contributed by atoms with Crippen molar-refractivity contribution in [1.29, 1.82) is 0 Å². The first-order valence-electron chi connectivity index (χ1n) is 9.71. The van der Waals surface area contributed by atoms with Gasteiger partial charge in [0, 0.05) is 23.0 Å². The highest BCUT2D eigenvalue weighted by Gasteiger charge is 2.30. The number of fused-ring (bicyclic) bond motifs is 1. The van der Waals surface area contributed by atoms with Gasteiger partial charge in [-0.3, -0.25) is 9.59 Å². The topological polar surface area (TPSA) is 103 Å². The first-order chi connectivity index (χ1) is 14.2. The molecule has 0 saturated carbocycles. The molecular weight excluding hydrogens is 382 g/mol. The van der Waals surface area contributed by atoms with Gasteiger partial charge in [-0.1, -0.05) is 19.1 Å². The summed E-state index contributed by atoms with van der Waals surface area (Å²) in [5.41, 5.74) is 9.16. The number of carbonyl (C=O) groups is 2. The lowest BCUT2D eigenvalue weighted by Crippen LogP contribution is -2.35. The summed E-state index contributed by atoms with van der Waals surface area (Å²) >= 11 is 0. The second-order valence-corrected chi connectivity index (χ2v) is 7.61. The van der Waals surface area contributed by atoms with E-state index in [2.05, 4.69) is 10.6 Å². The number of rotatable bonds is 7. The molecule has 30 heavy (non-hydrogen) atoms. The zero-order valence-corrected chi connectivity index (χ0v) is 17.9. The van der Waals surface area contributed by atoms with E-state index in [1.807, 2.05) is 31.2 Å². The number of allylic oxidation sites excluding steroid dienone is 1. The second-order valence-electron chi connectivity index (χ2n) is 7.61. The van der Waals surface area contributed by atoms with Crippen molar-refractivity contribution in [2.75, 3.05) is 24.9 Å². The maximum absolute atomic E-state index is 12.7. The molecule has 1 aliphatic rings.